The van der Waals surface area contributed by atoms with Gasteiger partial charge in [-0.05, 0) is 59.1 Å². The van der Waals surface area contributed by atoms with Gasteiger partial charge in [0, 0.05) is 20.0 Å². The van der Waals surface area contributed by atoms with Crippen molar-refractivity contribution in [1.82, 2.24) is 9.80 Å². The van der Waals surface area contributed by atoms with Gasteiger partial charge in [-0.1, -0.05) is 65.8 Å². The van der Waals surface area contributed by atoms with Crippen LogP contribution in [0.5, 0.6) is 0 Å². The van der Waals surface area contributed by atoms with E-state index in [9.17, 15) is 0 Å². The zero-order valence-electron chi connectivity index (χ0n) is 23.9. The van der Waals surface area contributed by atoms with Gasteiger partial charge in [0.25, 0.3) is 0 Å². The summed E-state index contributed by atoms with van der Waals surface area (Å²) in [7, 11) is 11.3. The van der Waals surface area contributed by atoms with Crippen molar-refractivity contribution >= 4 is 24.0 Å². The predicted molar refractivity (Wildman–Crippen MR) is 162 cm³/mol. The number of benzene rings is 1. The quantitative estimate of drug-likeness (QED) is 0.237. The molecular weight excluding hydrogens is 598 g/mol. The third kappa shape index (κ3) is 9.52. The Morgan fingerprint density at radius 2 is 1.32 bits per heavy atom. The zero-order chi connectivity index (χ0) is 28.2. The van der Waals surface area contributed by atoms with Gasteiger partial charge >= 0.3 is 73.4 Å². The molecule has 0 saturated carbocycles. The molecule has 0 radical (unpaired) electrons. The van der Waals surface area contributed by atoms with E-state index in [2.05, 4.69) is 82.3 Å². The van der Waals surface area contributed by atoms with Crippen LogP contribution in [0.2, 0.25) is 0 Å². The average molecular weight is 643 g/mol. The first-order valence-corrected chi connectivity index (χ1v) is 19.0. The van der Waals surface area contributed by atoms with Crippen molar-refractivity contribution in [2.45, 2.75) is 61.3 Å². The van der Waals surface area contributed by atoms with Crippen LogP contribution in [-0.2, 0) is 13.5 Å². The Bertz CT molecular complexity index is 1040. The van der Waals surface area contributed by atoms with E-state index in [0.29, 0.717) is 23.7 Å². The van der Waals surface area contributed by atoms with Crippen LogP contribution in [0.15, 0.2) is 77.2 Å². The molecule has 2 aliphatic carbocycles. The van der Waals surface area contributed by atoms with Crippen LogP contribution in [0.25, 0.3) is 0 Å². The molecule has 210 valence electrons. The fraction of sp³-hybridized carbons (Fsp3) is 0.469. The minimum atomic E-state index is -1.61. The van der Waals surface area contributed by atoms with Crippen molar-refractivity contribution in [2.75, 3.05) is 13.1 Å². The van der Waals surface area contributed by atoms with E-state index in [0.717, 1.165) is 31.5 Å². The van der Waals surface area contributed by atoms with Crippen LogP contribution in [0, 0.1) is 41.7 Å². The predicted octanol–water partition coefficient (Wildman–Crippen LogP) is 9.03. The summed E-state index contributed by atoms with van der Waals surface area (Å²) >= 11 is -1.61. The molecule has 0 bridgehead atoms. The Balaban J connectivity index is 0.000000324. The third-order valence-corrected chi connectivity index (χ3v) is 8.69. The summed E-state index contributed by atoms with van der Waals surface area (Å²) in [6.45, 7) is 20.1. The molecule has 38 heavy (non-hydrogen) atoms. The Morgan fingerprint density at radius 1 is 0.895 bits per heavy atom. The molecule has 1 aliphatic heterocycles. The minimum absolute atomic E-state index is 0.582. The molecular formula is C32H44Cl2N3Ru-. The number of hydrogen-bond acceptors (Lipinski definition) is 3. The Labute approximate surface area is 245 Å². The second-order valence-corrected chi connectivity index (χ2v) is 16.2. The first-order chi connectivity index (χ1) is 18.1. The van der Waals surface area contributed by atoms with Gasteiger partial charge in [0.2, 0.25) is 0 Å². The first-order valence-electron chi connectivity index (χ1n) is 13.5. The van der Waals surface area contributed by atoms with Gasteiger partial charge in [-0.2, -0.15) is 11.9 Å². The van der Waals surface area contributed by atoms with E-state index in [4.69, 9.17) is 24.6 Å². The molecule has 0 N–H and O–H groups in total. The molecule has 1 fully saturated rings. The van der Waals surface area contributed by atoms with Crippen molar-refractivity contribution in [3.63, 3.8) is 0 Å². The van der Waals surface area contributed by atoms with E-state index in [1.807, 2.05) is 34.9 Å². The molecule has 1 aromatic carbocycles. The first kappa shape index (κ1) is 32.6. The van der Waals surface area contributed by atoms with Crippen LogP contribution in [0.3, 0.4) is 0 Å². The standard InChI is InChI=1S/C23H35N2.C7H6.C2H3N.2ClH.Ru/c1-16(2)20-11-7-9-18(5)22(20)24-13-14-25(15-24)23-19(6)10-8-12-21(23)17(3)4;1-7-5-3-2-4-6-7;1-2-3;;;/h7-8,11-12,15-19H,9-10,13-14H2,1-6H3;1-6H;1H3;2*1H;/q-1;;;;;+2/p-2/t18-,19+;;;;;. The summed E-state index contributed by atoms with van der Waals surface area (Å²) in [6.07, 6.45) is 11.8. The monoisotopic (exact) mass is 642 g/mol. The number of nitrogens with zero attached hydrogens (tertiary/aromatic N) is 3. The van der Waals surface area contributed by atoms with Gasteiger partial charge < -0.3 is 9.80 Å². The molecule has 1 heterocycles. The van der Waals surface area contributed by atoms with Crippen molar-refractivity contribution < 1.29 is 13.5 Å². The molecule has 6 heteroatoms. The van der Waals surface area contributed by atoms with Crippen LogP contribution in [-0.4, -0.2) is 27.5 Å². The molecule has 0 spiro atoms. The maximum absolute atomic E-state index is 7.32. The molecule has 1 saturated heterocycles. The van der Waals surface area contributed by atoms with Gasteiger partial charge in [-0.3, -0.25) is 0 Å². The fourth-order valence-corrected chi connectivity index (χ4v) is 6.94. The maximum atomic E-state index is 7.32. The number of halogens is 2. The summed E-state index contributed by atoms with van der Waals surface area (Å²) < 4.78 is 1.92. The van der Waals surface area contributed by atoms with Gasteiger partial charge in [-0.25, -0.2) is 0 Å². The van der Waals surface area contributed by atoms with E-state index >= 15 is 0 Å². The molecule has 4 rings (SSSR count). The molecule has 3 nitrogen and oxygen atoms in total. The van der Waals surface area contributed by atoms with Gasteiger partial charge in [0.05, 0.1) is 6.07 Å². The second kappa shape index (κ2) is 16.4. The molecule has 1 aromatic rings. The number of nitriles is 1. The number of hydrogen-bond donors (Lipinski definition) is 0. The van der Waals surface area contributed by atoms with E-state index in [1.54, 1.807) is 17.5 Å². The van der Waals surface area contributed by atoms with Crippen molar-refractivity contribution in [2.24, 2.45) is 23.7 Å². The van der Waals surface area contributed by atoms with E-state index < -0.39 is 13.5 Å². The van der Waals surface area contributed by atoms with Gasteiger partial charge in [-0.15, -0.1) is 0 Å². The summed E-state index contributed by atoms with van der Waals surface area (Å²) in [5.41, 5.74) is 7.25. The second-order valence-electron chi connectivity index (χ2n) is 10.5. The van der Waals surface area contributed by atoms with Crippen molar-refractivity contribution in [3.8, 4) is 6.07 Å². The molecule has 2 atom stereocenters. The average Bonchev–Trinajstić information content (AvgIpc) is 3.34. The Hall–Kier alpha value is -1.66. The number of rotatable bonds is 5. The molecule has 3 aliphatic rings. The SMILES string of the molecule is CC#N.CC(C)C1=C(N2[CH-]N(C3=C(C(C)C)C=CC[C@@H]3C)CC2)[C@H](C)CC=C1.[Cl][Ru]([Cl])=[CH]c1ccccc1. The third-order valence-electron chi connectivity index (χ3n) is 6.82. The summed E-state index contributed by atoms with van der Waals surface area (Å²) in [6, 6.07) is 11.6. The van der Waals surface area contributed by atoms with Crippen LogP contribution in [0.1, 0.15) is 66.9 Å². The molecule has 0 aromatic heterocycles. The normalized spacial score (nSPS) is 21.2. The Kier molecular flexibility index (Phi) is 14.1. The van der Waals surface area contributed by atoms with Crippen LogP contribution >= 0.6 is 19.4 Å². The van der Waals surface area contributed by atoms with Crippen molar-refractivity contribution in [3.05, 3.63) is 89.4 Å². The van der Waals surface area contributed by atoms with Crippen LogP contribution in [0.4, 0.5) is 0 Å². The number of allylic oxidation sites excluding steroid dienone is 8. The van der Waals surface area contributed by atoms with Gasteiger partial charge in [0.1, 0.15) is 0 Å². The zero-order valence-corrected chi connectivity index (χ0v) is 27.2. The van der Waals surface area contributed by atoms with Crippen LogP contribution < -0.4 is 0 Å². The molecule has 0 amide bonds. The topological polar surface area (TPSA) is 30.3 Å². The Morgan fingerprint density at radius 3 is 1.68 bits per heavy atom. The van der Waals surface area contributed by atoms with E-state index in [-0.39, 0.29) is 0 Å². The van der Waals surface area contributed by atoms with Gasteiger partial charge in [0.15, 0.2) is 0 Å². The summed E-state index contributed by atoms with van der Waals surface area (Å²) in [5.74, 6) is 2.39. The fourth-order valence-electron chi connectivity index (χ4n) is 5.11. The summed E-state index contributed by atoms with van der Waals surface area (Å²) in [4.78, 5) is 5.08. The van der Waals surface area contributed by atoms with E-state index in [1.165, 1.54) is 18.1 Å². The summed E-state index contributed by atoms with van der Waals surface area (Å²) in [5, 5.41) is 7.32. The molecule has 0 unspecified atom stereocenters. The van der Waals surface area contributed by atoms with Crippen molar-refractivity contribution in [1.29, 1.82) is 5.26 Å².